The van der Waals surface area contributed by atoms with Gasteiger partial charge in [0.1, 0.15) is 6.54 Å². The van der Waals surface area contributed by atoms with Crippen LogP contribution in [0.3, 0.4) is 0 Å². The molecule has 1 aromatic carbocycles. The Balaban J connectivity index is 2.95. The number of hydrogen-bond donors (Lipinski definition) is 2. The van der Waals surface area contributed by atoms with Crippen molar-refractivity contribution in [2.45, 2.75) is 11.3 Å². The third kappa shape index (κ3) is 3.86. The fraction of sp³-hybridized carbons (Fsp3) is 0.200. The molecule has 0 unspecified atom stereocenters. The molecular formula is C10H10N2O4S. The Labute approximate surface area is 98.6 Å². The lowest BCUT2D eigenvalue weighted by molar-refractivity contribution is -0.135. The highest BCUT2D eigenvalue weighted by Gasteiger charge is 2.15. The molecule has 0 fully saturated rings. The minimum absolute atomic E-state index is 0.0495. The van der Waals surface area contributed by atoms with Gasteiger partial charge in [-0.25, -0.2) is 8.42 Å². The van der Waals surface area contributed by atoms with Gasteiger partial charge in [-0.05, 0) is 17.7 Å². The maximum absolute atomic E-state index is 11.6. The predicted molar refractivity (Wildman–Crippen MR) is 58.6 cm³/mol. The number of sulfonamides is 1. The minimum Gasteiger partial charge on any atom is -0.480 e. The molecule has 1 rings (SSSR count). The number of aliphatic carboxylic acids is 1. The van der Waals surface area contributed by atoms with E-state index in [1.807, 2.05) is 10.8 Å². The number of carboxylic acid groups (broad SMARTS) is 1. The molecule has 0 spiro atoms. The van der Waals surface area contributed by atoms with Gasteiger partial charge in [-0.2, -0.15) is 9.98 Å². The maximum atomic E-state index is 11.6. The Morgan fingerprint density at radius 1 is 1.47 bits per heavy atom. The van der Waals surface area contributed by atoms with Crippen LogP contribution in [-0.2, 0) is 21.2 Å². The SMILES string of the molecule is N#CCc1cccc(S(=O)(=O)NCC(=O)O)c1. The van der Waals surface area contributed by atoms with E-state index < -0.39 is 22.5 Å². The number of hydrogen-bond acceptors (Lipinski definition) is 4. The van der Waals surface area contributed by atoms with Crippen molar-refractivity contribution in [3.8, 4) is 6.07 Å². The van der Waals surface area contributed by atoms with E-state index in [9.17, 15) is 13.2 Å². The van der Waals surface area contributed by atoms with Crippen molar-refractivity contribution in [3.05, 3.63) is 29.8 Å². The van der Waals surface area contributed by atoms with Crippen LogP contribution in [0.25, 0.3) is 0 Å². The molecule has 7 heteroatoms. The fourth-order valence-corrected chi connectivity index (χ4v) is 2.20. The summed E-state index contributed by atoms with van der Waals surface area (Å²) in [7, 11) is -3.84. The smallest absolute Gasteiger partial charge is 0.318 e. The Kier molecular flexibility index (Phi) is 4.20. The summed E-state index contributed by atoms with van der Waals surface area (Å²) in [4.78, 5) is 10.2. The number of nitrogens with one attached hydrogen (secondary N) is 1. The Hall–Kier alpha value is -1.91. The van der Waals surface area contributed by atoms with Gasteiger partial charge in [0.05, 0.1) is 17.4 Å². The minimum atomic E-state index is -3.84. The van der Waals surface area contributed by atoms with Crippen molar-refractivity contribution in [1.82, 2.24) is 4.72 Å². The first-order valence-corrected chi connectivity index (χ1v) is 6.11. The maximum Gasteiger partial charge on any atom is 0.318 e. The molecule has 0 heterocycles. The average molecular weight is 254 g/mol. The van der Waals surface area contributed by atoms with E-state index in [-0.39, 0.29) is 11.3 Å². The van der Waals surface area contributed by atoms with Crippen LogP contribution in [0.4, 0.5) is 0 Å². The van der Waals surface area contributed by atoms with E-state index >= 15 is 0 Å². The van der Waals surface area contributed by atoms with Crippen molar-refractivity contribution < 1.29 is 18.3 Å². The molecule has 90 valence electrons. The second-order valence-electron chi connectivity index (χ2n) is 3.20. The number of carbonyl (C=O) groups is 1. The third-order valence-electron chi connectivity index (χ3n) is 1.91. The normalized spacial score (nSPS) is 10.8. The average Bonchev–Trinajstić information content (AvgIpc) is 2.27. The first-order chi connectivity index (χ1) is 7.95. The van der Waals surface area contributed by atoms with E-state index in [1.54, 1.807) is 6.07 Å². The highest BCUT2D eigenvalue weighted by molar-refractivity contribution is 7.89. The van der Waals surface area contributed by atoms with Crippen molar-refractivity contribution in [1.29, 1.82) is 5.26 Å². The third-order valence-corrected chi connectivity index (χ3v) is 3.30. The fourth-order valence-electron chi connectivity index (χ4n) is 1.15. The summed E-state index contributed by atoms with van der Waals surface area (Å²) < 4.78 is 25.2. The van der Waals surface area contributed by atoms with Crippen LogP contribution in [0.1, 0.15) is 5.56 Å². The van der Waals surface area contributed by atoms with Crippen LogP contribution in [0.2, 0.25) is 0 Å². The summed E-state index contributed by atoms with van der Waals surface area (Å²) in [5.74, 6) is -1.26. The summed E-state index contributed by atoms with van der Waals surface area (Å²) in [6, 6.07) is 7.71. The van der Waals surface area contributed by atoms with Crippen molar-refractivity contribution in [2.75, 3.05) is 6.54 Å². The van der Waals surface area contributed by atoms with Crippen molar-refractivity contribution >= 4 is 16.0 Å². The van der Waals surface area contributed by atoms with Crippen molar-refractivity contribution in [3.63, 3.8) is 0 Å². The molecule has 0 atom stereocenters. The largest absolute Gasteiger partial charge is 0.480 e. The van der Waals surface area contributed by atoms with Gasteiger partial charge in [-0.15, -0.1) is 0 Å². The molecule has 0 saturated heterocycles. The zero-order chi connectivity index (χ0) is 12.9. The lowest BCUT2D eigenvalue weighted by Gasteiger charge is -2.05. The summed E-state index contributed by atoms with van der Waals surface area (Å²) in [5.41, 5.74) is 0.561. The number of benzene rings is 1. The number of carboxylic acids is 1. The van der Waals surface area contributed by atoms with Crippen LogP contribution in [-0.4, -0.2) is 26.0 Å². The Morgan fingerprint density at radius 2 is 2.18 bits per heavy atom. The molecule has 0 aromatic heterocycles. The van der Waals surface area contributed by atoms with E-state index in [0.29, 0.717) is 5.56 Å². The Morgan fingerprint density at radius 3 is 2.76 bits per heavy atom. The molecule has 1 aromatic rings. The van der Waals surface area contributed by atoms with Gasteiger partial charge in [0.25, 0.3) is 0 Å². The van der Waals surface area contributed by atoms with Crippen LogP contribution >= 0.6 is 0 Å². The molecule has 0 bridgehead atoms. The second kappa shape index (κ2) is 5.43. The zero-order valence-corrected chi connectivity index (χ0v) is 9.57. The van der Waals surface area contributed by atoms with E-state index in [2.05, 4.69) is 0 Å². The van der Waals surface area contributed by atoms with Crippen molar-refractivity contribution in [2.24, 2.45) is 0 Å². The van der Waals surface area contributed by atoms with E-state index in [4.69, 9.17) is 10.4 Å². The molecular weight excluding hydrogens is 244 g/mol. The lowest BCUT2D eigenvalue weighted by atomic mass is 10.2. The molecule has 0 saturated carbocycles. The quantitative estimate of drug-likeness (QED) is 0.775. The number of nitriles is 1. The standard InChI is InChI=1S/C10H10N2O4S/c11-5-4-8-2-1-3-9(6-8)17(15,16)12-7-10(13)14/h1-3,6,12H,4,7H2,(H,13,14). The summed E-state index contributed by atoms with van der Waals surface area (Å²) in [6.07, 6.45) is 0.0995. The van der Waals surface area contributed by atoms with Gasteiger partial charge in [0, 0.05) is 0 Å². The first kappa shape index (κ1) is 13.2. The van der Waals surface area contributed by atoms with Gasteiger partial charge >= 0.3 is 5.97 Å². The molecule has 0 aliphatic carbocycles. The molecule has 6 nitrogen and oxygen atoms in total. The van der Waals surface area contributed by atoms with Gasteiger partial charge in [0.2, 0.25) is 10.0 Å². The monoisotopic (exact) mass is 254 g/mol. The van der Waals surface area contributed by atoms with Crippen LogP contribution in [0.15, 0.2) is 29.2 Å². The lowest BCUT2D eigenvalue weighted by Crippen LogP contribution is -2.29. The summed E-state index contributed by atoms with van der Waals surface area (Å²) in [5, 5.41) is 16.9. The highest BCUT2D eigenvalue weighted by atomic mass is 32.2. The van der Waals surface area contributed by atoms with Crippen LogP contribution in [0, 0.1) is 11.3 Å². The van der Waals surface area contributed by atoms with E-state index in [1.165, 1.54) is 18.2 Å². The molecule has 0 radical (unpaired) electrons. The van der Waals surface area contributed by atoms with Gasteiger partial charge in [-0.3, -0.25) is 4.79 Å². The van der Waals surface area contributed by atoms with Gasteiger partial charge in [-0.1, -0.05) is 12.1 Å². The molecule has 0 aliphatic rings. The summed E-state index contributed by atoms with van der Waals surface area (Å²) >= 11 is 0. The number of rotatable bonds is 5. The zero-order valence-electron chi connectivity index (χ0n) is 8.75. The molecule has 2 N–H and O–H groups in total. The number of nitrogens with zero attached hydrogens (tertiary/aromatic N) is 1. The molecule has 0 amide bonds. The predicted octanol–water partition coefficient (Wildman–Crippen LogP) is 0.116. The van der Waals surface area contributed by atoms with Gasteiger partial charge < -0.3 is 5.11 Å². The van der Waals surface area contributed by atoms with Crippen LogP contribution < -0.4 is 4.72 Å². The topological polar surface area (TPSA) is 107 Å². The second-order valence-corrected chi connectivity index (χ2v) is 4.97. The van der Waals surface area contributed by atoms with Crippen LogP contribution in [0.5, 0.6) is 0 Å². The van der Waals surface area contributed by atoms with E-state index in [0.717, 1.165) is 0 Å². The van der Waals surface area contributed by atoms with Gasteiger partial charge in [0.15, 0.2) is 0 Å². The highest BCUT2D eigenvalue weighted by Crippen LogP contribution is 2.11. The first-order valence-electron chi connectivity index (χ1n) is 4.63. The summed E-state index contributed by atoms with van der Waals surface area (Å²) in [6.45, 7) is -0.676. The Bertz CT molecular complexity index is 560. The molecule has 17 heavy (non-hydrogen) atoms. The molecule has 0 aliphatic heterocycles.